The van der Waals surface area contributed by atoms with Crippen molar-refractivity contribution in [2.45, 2.75) is 31.7 Å². The number of carbonyl (C=O) groups is 1. The quantitative estimate of drug-likeness (QED) is 0.710. The van der Waals surface area contributed by atoms with E-state index >= 15 is 0 Å². The third-order valence-corrected chi connectivity index (χ3v) is 3.26. The summed E-state index contributed by atoms with van der Waals surface area (Å²) < 4.78 is 0. The first-order valence-corrected chi connectivity index (χ1v) is 6.15. The molecule has 5 heteroatoms. The lowest BCUT2D eigenvalue weighted by molar-refractivity contribution is 0.248. The van der Waals surface area contributed by atoms with Gasteiger partial charge in [-0.05, 0) is 31.0 Å². The molecule has 1 fully saturated rings. The maximum atomic E-state index is 11.7. The molecule has 0 bridgehead atoms. The fourth-order valence-corrected chi connectivity index (χ4v) is 2.22. The minimum Gasteiger partial charge on any atom is -0.399 e. The third-order valence-electron chi connectivity index (χ3n) is 2.93. The van der Waals surface area contributed by atoms with Crippen molar-refractivity contribution in [2.24, 2.45) is 0 Å². The molecule has 1 aromatic rings. The van der Waals surface area contributed by atoms with Crippen LogP contribution in [-0.2, 0) is 0 Å². The Morgan fingerprint density at radius 2 is 2.06 bits per heavy atom. The van der Waals surface area contributed by atoms with Crippen molar-refractivity contribution in [1.82, 2.24) is 5.32 Å². The number of anilines is 2. The third kappa shape index (κ3) is 3.27. The smallest absolute Gasteiger partial charge is 0.319 e. The van der Waals surface area contributed by atoms with Gasteiger partial charge in [-0.15, -0.1) is 0 Å². The Hall–Kier alpha value is -1.42. The van der Waals surface area contributed by atoms with Gasteiger partial charge in [0.1, 0.15) is 0 Å². The van der Waals surface area contributed by atoms with E-state index < -0.39 is 0 Å². The summed E-state index contributed by atoms with van der Waals surface area (Å²) in [4.78, 5) is 11.7. The lowest BCUT2D eigenvalue weighted by Gasteiger charge is -2.13. The van der Waals surface area contributed by atoms with Gasteiger partial charge in [0, 0.05) is 11.7 Å². The average molecular weight is 254 g/mol. The van der Waals surface area contributed by atoms with Crippen molar-refractivity contribution in [3.63, 3.8) is 0 Å². The van der Waals surface area contributed by atoms with E-state index in [-0.39, 0.29) is 12.1 Å². The van der Waals surface area contributed by atoms with Crippen LogP contribution >= 0.6 is 11.6 Å². The number of hydrogen-bond donors (Lipinski definition) is 3. The molecule has 0 unspecified atom stereocenters. The monoisotopic (exact) mass is 253 g/mol. The summed E-state index contributed by atoms with van der Waals surface area (Å²) in [5, 5.41) is 6.13. The van der Waals surface area contributed by atoms with Gasteiger partial charge >= 0.3 is 6.03 Å². The lowest BCUT2D eigenvalue weighted by Crippen LogP contribution is -2.36. The largest absolute Gasteiger partial charge is 0.399 e. The molecule has 0 spiro atoms. The predicted molar refractivity (Wildman–Crippen MR) is 70.3 cm³/mol. The van der Waals surface area contributed by atoms with Crippen molar-refractivity contribution < 1.29 is 4.79 Å². The zero-order valence-electron chi connectivity index (χ0n) is 9.50. The molecule has 0 atom stereocenters. The average Bonchev–Trinajstić information content (AvgIpc) is 2.76. The molecule has 2 rings (SSSR count). The minimum absolute atomic E-state index is 0.218. The number of hydrogen-bond acceptors (Lipinski definition) is 2. The second-order valence-corrected chi connectivity index (χ2v) is 4.73. The summed E-state index contributed by atoms with van der Waals surface area (Å²) >= 11 is 5.96. The van der Waals surface area contributed by atoms with Gasteiger partial charge in [0.05, 0.1) is 10.7 Å². The first-order valence-electron chi connectivity index (χ1n) is 5.77. The summed E-state index contributed by atoms with van der Waals surface area (Å²) in [6.07, 6.45) is 4.48. The molecular formula is C12H16ClN3O. The predicted octanol–water partition coefficient (Wildman–Crippen LogP) is 2.99. The van der Waals surface area contributed by atoms with Gasteiger partial charge in [0.2, 0.25) is 0 Å². The number of nitrogens with two attached hydrogens (primary N) is 1. The molecule has 0 aromatic heterocycles. The number of nitrogens with one attached hydrogen (secondary N) is 2. The molecule has 1 aliphatic carbocycles. The van der Waals surface area contributed by atoms with Crippen LogP contribution < -0.4 is 16.4 Å². The van der Waals surface area contributed by atoms with E-state index in [0.29, 0.717) is 16.4 Å². The molecule has 17 heavy (non-hydrogen) atoms. The molecule has 92 valence electrons. The summed E-state index contributed by atoms with van der Waals surface area (Å²) in [6, 6.07) is 5.08. The van der Waals surface area contributed by atoms with Crippen LogP contribution in [0.15, 0.2) is 18.2 Å². The SMILES string of the molecule is Nc1ccc(Cl)c(NC(=O)NC2CCCC2)c1. The fraction of sp³-hybridized carbons (Fsp3) is 0.417. The molecule has 1 aromatic carbocycles. The molecular weight excluding hydrogens is 238 g/mol. The van der Waals surface area contributed by atoms with Crippen LogP contribution in [0.1, 0.15) is 25.7 Å². The van der Waals surface area contributed by atoms with E-state index in [2.05, 4.69) is 10.6 Å². The first-order chi connectivity index (χ1) is 8.15. The zero-order chi connectivity index (χ0) is 12.3. The number of carbonyl (C=O) groups excluding carboxylic acids is 1. The number of nitrogen functional groups attached to an aromatic ring is 1. The van der Waals surface area contributed by atoms with Gasteiger partial charge in [-0.3, -0.25) is 0 Å². The van der Waals surface area contributed by atoms with Gasteiger partial charge in [0.25, 0.3) is 0 Å². The Kier molecular flexibility index (Phi) is 3.74. The van der Waals surface area contributed by atoms with Crippen LogP contribution in [0.5, 0.6) is 0 Å². The van der Waals surface area contributed by atoms with Crippen molar-refractivity contribution in [3.05, 3.63) is 23.2 Å². The number of halogens is 1. The van der Waals surface area contributed by atoms with E-state index in [1.54, 1.807) is 18.2 Å². The topological polar surface area (TPSA) is 67.1 Å². The maximum absolute atomic E-state index is 11.7. The van der Waals surface area contributed by atoms with E-state index in [4.69, 9.17) is 17.3 Å². The van der Waals surface area contributed by atoms with Crippen molar-refractivity contribution in [1.29, 1.82) is 0 Å². The van der Waals surface area contributed by atoms with E-state index in [0.717, 1.165) is 12.8 Å². The Labute approximate surface area is 106 Å². The van der Waals surface area contributed by atoms with Crippen LogP contribution in [0.25, 0.3) is 0 Å². The molecule has 0 heterocycles. The zero-order valence-corrected chi connectivity index (χ0v) is 10.3. The lowest BCUT2D eigenvalue weighted by atomic mass is 10.2. The first kappa shape index (κ1) is 12.0. The molecule has 0 radical (unpaired) electrons. The number of rotatable bonds is 2. The Morgan fingerprint density at radius 3 is 2.76 bits per heavy atom. The molecule has 1 saturated carbocycles. The molecule has 4 nitrogen and oxygen atoms in total. The van der Waals surface area contributed by atoms with Crippen LogP contribution in [0, 0.1) is 0 Å². The van der Waals surface area contributed by atoms with Crippen molar-refractivity contribution >= 4 is 29.0 Å². The van der Waals surface area contributed by atoms with Gasteiger partial charge < -0.3 is 16.4 Å². The van der Waals surface area contributed by atoms with E-state index in [1.165, 1.54) is 12.8 Å². The van der Waals surface area contributed by atoms with Crippen molar-refractivity contribution in [2.75, 3.05) is 11.1 Å². The van der Waals surface area contributed by atoms with Gasteiger partial charge in [-0.25, -0.2) is 4.79 Å². The molecule has 1 aliphatic rings. The summed E-state index contributed by atoms with van der Waals surface area (Å²) in [6.45, 7) is 0. The Bertz CT molecular complexity index is 416. The summed E-state index contributed by atoms with van der Waals surface area (Å²) in [5.41, 5.74) is 6.75. The second-order valence-electron chi connectivity index (χ2n) is 4.32. The Morgan fingerprint density at radius 1 is 1.35 bits per heavy atom. The number of amides is 2. The van der Waals surface area contributed by atoms with E-state index in [9.17, 15) is 4.79 Å². The normalized spacial score (nSPS) is 15.8. The summed E-state index contributed by atoms with van der Waals surface area (Å²) in [7, 11) is 0. The highest BCUT2D eigenvalue weighted by atomic mass is 35.5. The molecule has 0 saturated heterocycles. The maximum Gasteiger partial charge on any atom is 0.319 e. The number of urea groups is 1. The number of benzene rings is 1. The van der Waals surface area contributed by atoms with E-state index in [1.807, 2.05) is 0 Å². The molecule has 0 aliphatic heterocycles. The molecule has 2 amide bonds. The van der Waals surface area contributed by atoms with Gasteiger partial charge in [-0.2, -0.15) is 0 Å². The second kappa shape index (κ2) is 5.27. The highest BCUT2D eigenvalue weighted by Crippen LogP contribution is 2.24. The summed E-state index contributed by atoms with van der Waals surface area (Å²) in [5.74, 6) is 0. The van der Waals surface area contributed by atoms with Crippen LogP contribution in [0.2, 0.25) is 5.02 Å². The molecule has 4 N–H and O–H groups in total. The Balaban J connectivity index is 1.95. The highest BCUT2D eigenvalue weighted by Gasteiger charge is 2.17. The standard InChI is InChI=1S/C12H16ClN3O/c13-10-6-5-8(14)7-11(10)16-12(17)15-9-3-1-2-4-9/h5-7,9H,1-4,14H2,(H2,15,16,17). The minimum atomic E-state index is -0.218. The fourth-order valence-electron chi connectivity index (χ4n) is 2.05. The van der Waals surface area contributed by atoms with Gasteiger partial charge in [-0.1, -0.05) is 24.4 Å². The van der Waals surface area contributed by atoms with Crippen LogP contribution in [0.4, 0.5) is 16.2 Å². The van der Waals surface area contributed by atoms with Crippen LogP contribution in [0.3, 0.4) is 0 Å². The van der Waals surface area contributed by atoms with Crippen LogP contribution in [-0.4, -0.2) is 12.1 Å². The highest BCUT2D eigenvalue weighted by molar-refractivity contribution is 6.33. The van der Waals surface area contributed by atoms with Crippen molar-refractivity contribution in [3.8, 4) is 0 Å². The van der Waals surface area contributed by atoms with Gasteiger partial charge in [0.15, 0.2) is 0 Å².